The standard InChI is InChI=1S/C15H23IN2O2.C2H6/c1-14(2,3)12-11(7-6-8-17-12)13(19)18-20-10-15(4,5)9-16;1-2/h6-8H,9-10H2,1-5H3,(H,18,19);1-2H3. The number of alkyl halides is 1. The van der Waals surface area contributed by atoms with Crippen molar-refractivity contribution in [3.8, 4) is 0 Å². The van der Waals surface area contributed by atoms with Crippen LogP contribution in [0.4, 0.5) is 0 Å². The van der Waals surface area contributed by atoms with Crippen LogP contribution in [0.15, 0.2) is 18.3 Å². The summed E-state index contributed by atoms with van der Waals surface area (Å²) >= 11 is 2.31. The monoisotopic (exact) mass is 420 g/mol. The van der Waals surface area contributed by atoms with E-state index < -0.39 is 0 Å². The maximum Gasteiger partial charge on any atom is 0.276 e. The molecule has 0 aliphatic rings. The lowest BCUT2D eigenvalue weighted by atomic mass is 9.88. The third kappa shape index (κ3) is 7.05. The van der Waals surface area contributed by atoms with Crippen LogP contribution in [0.3, 0.4) is 0 Å². The van der Waals surface area contributed by atoms with Crippen molar-refractivity contribution in [2.24, 2.45) is 5.41 Å². The second-order valence-electron chi connectivity index (χ2n) is 6.67. The van der Waals surface area contributed by atoms with Crippen molar-refractivity contribution in [2.75, 3.05) is 11.0 Å². The molecule has 1 amide bonds. The van der Waals surface area contributed by atoms with Crippen molar-refractivity contribution in [1.82, 2.24) is 10.5 Å². The Balaban J connectivity index is 0.00000211. The third-order valence-electron chi connectivity index (χ3n) is 2.75. The van der Waals surface area contributed by atoms with Gasteiger partial charge in [0.15, 0.2) is 0 Å². The topological polar surface area (TPSA) is 51.2 Å². The van der Waals surface area contributed by atoms with E-state index in [1.54, 1.807) is 18.3 Å². The number of nitrogens with one attached hydrogen (secondary N) is 1. The average Bonchev–Trinajstić information content (AvgIpc) is 2.48. The first-order valence-electron chi connectivity index (χ1n) is 7.61. The molecule has 0 bridgehead atoms. The van der Waals surface area contributed by atoms with Crippen LogP contribution in [0.25, 0.3) is 0 Å². The number of halogens is 1. The van der Waals surface area contributed by atoms with Crippen LogP contribution in [-0.2, 0) is 10.3 Å². The van der Waals surface area contributed by atoms with Gasteiger partial charge in [-0.2, -0.15) is 0 Å². The van der Waals surface area contributed by atoms with E-state index >= 15 is 0 Å². The minimum atomic E-state index is -0.243. The van der Waals surface area contributed by atoms with E-state index in [1.165, 1.54) is 0 Å². The highest BCUT2D eigenvalue weighted by atomic mass is 127. The second kappa shape index (κ2) is 9.45. The van der Waals surface area contributed by atoms with Crippen LogP contribution in [-0.4, -0.2) is 21.9 Å². The fraction of sp³-hybridized carbons (Fsp3) is 0.647. The Morgan fingerprint density at radius 1 is 1.27 bits per heavy atom. The molecule has 0 saturated carbocycles. The SMILES string of the molecule is CC.CC(C)(CI)CONC(=O)c1cccnc1C(C)(C)C. The molecule has 0 atom stereocenters. The number of hydrogen-bond donors (Lipinski definition) is 1. The van der Waals surface area contributed by atoms with E-state index in [-0.39, 0.29) is 16.7 Å². The molecule has 1 aromatic heterocycles. The highest BCUT2D eigenvalue weighted by Crippen LogP contribution is 2.23. The van der Waals surface area contributed by atoms with Crippen molar-refractivity contribution in [3.63, 3.8) is 0 Å². The van der Waals surface area contributed by atoms with Gasteiger partial charge in [-0.05, 0) is 17.5 Å². The fourth-order valence-electron chi connectivity index (χ4n) is 1.58. The Morgan fingerprint density at radius 3 is 2.36 bits per heavy atom. The van der Waals surface area contributed by atoms with E-state index in [9.17, 15) is 4.79 Å². The van der Waals surface area contributed by atoms with E-state index in [0.717, 1.165) is 10.1 Å². The summed E-state index contributed by atoms with van der Waals surface area (Å²) in [4.78, 5) is 21.9. The number of carbonyl (C=O) groups is 1. The molecule has 22 heavy (non-hydrogen) atoms. The maximum atomic E-state index is 12.2. The number of pyridine rings is 1. The number of amides is 1. The van der Waals surface area contributed by atoms with Crippen LogP contribution in [0.1, 0.15) is 64.5 Å². The minimum absolute atomic E-state index is 0.0373. The van der Waals surface area contributed by atoms with Gasteiger partial charge in [-0.15, -0.1) is 0 Å². The quantitative estimate of drug-likeness (QED) is 0.433. The zero-order valence-corrected chi connectivity index (χ0v) is 16.9. The summed E-state index contributed by atoms with van der Waals surface area (Å²) in [6.45, 7) is 14.8. The number of rotatable bonds is 5. The summed E-state index contributed by atoms with van der Waals surface area (Å²) in [7, 11) is 0. The number of hydroxylamine groups is 1. The highest BCUT2D eigenvalue weighted by Gasteiger charge is 2.23. The van der Waals surface area contributed by atoms with E-state index in [4.69, 9.17) is 4.84 Å². The number of hydrogen-bond acceptors (Lipinski definition) is 3. The first-order valence-corrected chi connectivity index (χ1v) is 9.13. The van der Waals surface area contributed by atoms with Crippen molar-refractivity contribution >= 4 is 28.5 Å². The molecule has 0 saturated heterocycles. The van der Waals surface area contributed by atoms with Crippen molar-refractivity contribution in [3.05, 3.63) is 29.6 Å². The summed E-state index contributed by atoms with van der Waals surface area (Å²) in [5, 5.41) is 0. The van der Waals surface area contributed by atoms with Gasteiger partial charge in [0.1, 0.15) is 0 Å². The Labute approximate surface area is 148 Å². The van der Waals surface area contributed by atoms with Gasteiger partial charge in [0, 0.05) is 16.0 Å². The summed E-state index contributed by atoms with van der Waals surface area (Å²) < 4.78 is 0.959. The molecule has 1 heterocycles. The predicted molar refractivity (Wildman–Crippen MR) is 100 cm³/mol. The van der Waals surface area contributed by atoms with Gasteiger partial charge in [0.25, 0.3) is 5.91 Å². The summed E-state index contributed by atoms with van der Waals surface area (Å²) in [6.07, 6.45) is 1.71. The molecule has 0 aliphatic carbocycles. The zero-order chi connectivity index (χ0) is 17.4. The number of carbonyl (C=O) groups excluding carboxylic acids is 1. The molecule has 0 aromatic carbocycles. The molecule has 1 rings (SSSR count). The number of nitrogens with zero attached hydrogens (tertiary/aromatic N) is 1. The number of aromatic nitrogens is 1. The summed E-state index contributed by atoms with van der Waals surface area (Å²) in [5.41, 5.74) is 3.71. The Bertz CT molecular complexity index is 468. The lowest BCUT2D eigenvalue weighted by molar-refractivity contribution is 0.00329. The molecular formula is C17H29IN2O2. The molecule has 1 N–H and O–H groups in total. The van der Waals surface area contributed by atoms with Crippen LogP contribution in [0.5, 0.6) is 0 Å². The molecule has 1 aromatic rings. The minimum Gasteiger partial charge on any atom is -0.273 e. The van der Waals surface area contributed by atoms with Gasteiger partial charge in [0.05, 0.1) is 17.9 Å². The largest absolute Gasteiger partial charge is 0.276 e. The van der Waals surface area contributed by atoms with Gasteiger partial charge in [-0.3, -0.25) is 14.6 Å². The van der Waals surface area contributed by atoms with Crippen molar-refractivity contribution in [1.29, 1.82) is 0 Å². The molecule has 5 heteroatoms. The highest BCUT2D eigenvalue weighted by molar-refractivity contribution is 14.1. The van der Waals surface area contributed by atoms with Crippen molar-refractivity contribution in [2.45, 2.75) is 53.9 Å². The molecule has 0 radical (unpaired) electrons. The molecular weight excluding hydrogens is 391 g/mol. The van der Waals surface area contributed by atoms with Gasteiger partial charge in [0.2, 0.25) is 0 Å². The molecule has 4 nitrogen and oxygen atoms in total. The van der Waals surface area contributed by atoms with Crippen LogP contribution >= 0.6 is 22.6 Å². The summed E-state index contributed by atoms with van der Waals surface area (Å²) in [6, 6.07) is 3.54. The van der Waals surface area contributed by atoms with Gasteiger partial charge < -0.3 is 0 Å². The predicted octanol–water partition coefficient (Wildman–Crippen LogP) is 4.53. The molecule has 0 fully saturated rings. The zero-order valence-electron chi connectivity index (χ0n) is 14.8. The van der Waals surface area contributed by atoms with Crippen molar-refractivity contribution < 1.29 is 9.63 Å². The fourth-order valence-corrected chi connectivity index (χ4v) is 1.80. The van der Waals surface area contributed by atoms with E-state index in [1.807, 2.05) is 34.6 Å². The second-order valence-corrected chi connectivity index (χ2v) is 7.43. The van der Waals surface area contributed by atoms with Gasteiger partial charge in [-0.25, -0.2) is 5.48 Å². The van der Waals surface area contributed by atoms with Gasteiger partial charge >= 0.3 is 0 Å². The molecule has 0 spiro atoms. The van der Waals surface area contributed by atoms with Crippen LogP contribution < -0.4 is 5.48 Å². The molecule has 0 unspecified atom stereocenters. The Morgan fingerprint density at radius 2 is 1.86 bits per heavy atom. The summed E-state index contributed by atoms with van der Waals surface area (Å²) in [5.74, 6) is -0.243. The normalized spacial score (nSPS) is 11.5. The van der Waals surface area contributed by atoms with E-state index in [0.29, 0.717) is 12.2 Å². The average molecular weight is 420 g/mol. The van der Waals surface area contributed by atoms with Crippen LogP contribution in [0, 0.1) is 5.41 Å². The Hall–Kier alpha value is -0.690. The first-order chi connectivity index (χ1) is 10.2. The van der Waals surface area contributed by atoms with Crippen LogP contribution in [0.2, 0.25) is 0 Å². The Kier molecular flexibility index (Phi) is 9.15. The lowest BCUT2D eigenvalue weighted by Crippen LogP contribution is -2.32. The molecule has 126 valence electrons. The first kappa shape index (κ1) is 21.3. The maximum absolute atomic E-state index is 12.2. The third-order valence-corrected chi connectivity index (χ3v) is 4.82. The van der Waals surface area contributed by atoms with Gasteiger partial charge in [-0.1, -0.05) is 71.1 Å². The van der Waals surface area contributed by atoms with E-state index in [2.05, 4.69) is 46.9 Å². The molecule has 0 aliphatic heterocycles. The smallest absolute Gasteiger partial charge is 0.273 e. The lowest BCUT2D eigenvalue weighted by Gasteiger charge is -2.22.